The zero-order valence-electron chi connectivity index (χ0n) is 15.4. The van der Waals surface area contributed by atoms with Gasteiger partial charge in [0.1, 0.15) is 5.82 Å². The number of nitrogens with one attached hydrogen (secondary N) is 2. The number of likely N-dealkylation sites (tertiary alicyclic amines) is 1. The molecule has 11 heteroatoms. The van der Waals surface area contributed by atoms with Crippen molar-refractivity contribution in [2.24, 2.45) is 5.92 Å². The number of sulfonamides is 1. The van der Waals surface area contributed by atoms with Gasteiger partial charge >= 0.3 is 6.18 Å². The van der Waals surface area contributed by atoms with E-state index in [2.05, 4.69) is 14.9 Å². The van der Waals surface area contributed by atoms with Gasteiger partial charge in [-0.25, -0.2) is 17.5 Å². The second-order valence-corrected chi connectivity index (χ2v) is 8.72. The fourth-order valence-electron chi connectivity index (χ4n) is 3.03. The van der Waals surface area contributed by atoms with E-state index in [1.54, 1.807) is 0 Å². The predicted octanol–water partition coefficient (Wildman–Crippen LogP) is 1.84. The number of amides is 1. The molecule has 1 saturated heterocycles. The summed E-state index contributed by atoms with van der Waals surface area (Å²) in [5.74, 6) is -1.71. The average molecular weight is 425 g/mol. The molecular formula is C17H23F4N3O3S. The van der Waals surface area contributed by atoms with Gasteiger partial charge in [0, 0.05) is 25.2 Å². The van der Waals surface area contributed by atoms with Gasteiger partial charge < -0.3 is 10.2 Å². The highest BCUT2D eigenvalue weighted by Gasteiger charge is 2.32. The van der Waals surface area contributed by atoms with E-state index in [0.717, 1.165) is 38.3 Å². The number of alkyl halides is 3. The number of carbonyl (C=O) groups is 1. The van der Waals surface area contributed by atoms with E-state index in [1.807, 2.05) is 0 Å². The number of benzene rings is 1. The normalized spacial score (nSPS) is 16.9. The molecule has 6 nitrogen and oxygen atoms in total. The summed E-state index contributed by atoms with van der Waals surface area (Å²) in [5.41, 5.74) is -1.56. The molecule has 1 aliphatic rings. The van der Waals surface area contributed by atoms with Crippen molar-refractivity contribution in [2.75, 3.05) is 39.0 Å². The van der Waals surface area contributed by atoms with E-state index < -0.39 is 33.5 Å². The van der Waals surface area contributed by atoms with E-state index in [4.69, 9.17) is 0 Å². The Kier molecular flexibility index (Phi) is 7.40. The number of halogens is 4. The van der Waals surface area contributed by atoms with Crippen molar-refractivity contribution in [3.05, 3.63) is 35.1 Å². The first kappa shape index (κ1) is 22.6. The quantitative estimate of drug-likeness (QED) is 0.654. The number of nitrogens with zero attached hydrogens (tertiary/aromatic N) is 1. The Bertz CT molecular complexity index is 791. The zero-order valence-corrected chi connectivity index (χ0v) is 16.2. The number of hydrogen-bond donors (Lipinski definition) is 2. The van der Waals surface area contributed by atoms with E-state index in [-0.39, 0.29) is 18.0 Å². The van der Waals surface area contributed by atoms with Crippen LogP contribution < -0.4 is 10.0 Å². The standard InChI is InChI=1S/C17H23F4N3O3S/c1-28(26,27)23-4-7-24-5-2-12(3-6-24)11-22-16(25)13-8-14(17(19,20)21)10-15(18)9-13/h8-10,12,23H,2-7,11H2,1H3,(H,22,25). The summed E-state index contributed by atoms with van der Waals surface area (Å²) in [4.78, 5) is 14.2. The van der Waals surface area contributed by atoms with Gasteiger partial charge in [0.05, 0.1) is 11.8 Å². The molecule has 1 aliphatic heterocycles. The average Bonchev–Trinajstić information content (AvgIpc) is 2.58. The molecule has 0 aromatic heterocycles. The topological polar surface area (TPSA) is 78.5 Å². The summed E-state index contributed by atoms with van der Waals surface area (Å²) in [5, 5.41) is 2.57. The number of rotatable bonds is 7. The van der Waals surface area contributed by atoms with Crippen molar-refractivity contribution >= 4 is 15.9 Å². The Morgan fingerprint density at radius 1 is 1.21 bits per heavy atom. The molecule has 0 unspecified atom stereocenters. The molecular weight excluding hydrogens is 402 g/mol. The highest BCUT2D eigenvalue weighted by molar-refractivity contribution is 7.88. The summed E-state index contributed by atoms with van der Waals surface area (Å²) in [6.07, 6.45) is -2.11. The molecule has 2 rings (SSSR count). The first-order valence-electron chi connectivity index (χ1n) is 8.77. The van der Waals surface area contributed by atoms with Crippen molar-refractivity contribution in [1.29, 1.82) is 0 Å². The molecule has 1 aromatic carbocycles. The molecule has 0 aliphatic carbocycles. The maximum atomic E-state index is 13.4. The molecule has 1 fully saturated rings. The Morgan fingerprint density at radius 2 is 1.86 bits per heavy atom. The molecule has 158 valence electrons. The van der Waals surface area contributed by atoms with Crippen LogP contribution in [0.1, 0.15) is 28.8 Å². The highest BCUT2D eigenvalue weighted by atomic mass is 32.2. The van der Waals surface area contributed by atoms with E-state index in [0.29, 0.717) is 25.2 Å². The number of hydrogen-bond acceptors (Lipinski definition) is 4. The fraction of sp³-hybridized carbons (Fsp3) is 0.588. The van der Waals surface area contributed by atoms with Crippen LogP contribution >= 0.6 is 0 Å². The maximum Gasteiger partial charge on any atom is 0.416 e. The van der Waals surface area contributed by atoms with Crippen molar-refractivity contribution in [3.8, 4) is 0 Å². The summed E-state index contributed by atoms with van der Waals surface area (Å²) in [7, 11) is -3.22. The van der Waals surface area contributed by atoms with Gasteiger partial charge in [0.25, 0.3) is 5.91 Å². The molecule has 0 bridgehead atoms. The molecule has 0 saturated carbocycles. The minimum atomic E-state index is -4.73. The van der Waals surface area contributed by atoms with Gasteiger partial charge in [-0.15, -0.1) is 0 Å². The van der Waals surface area contributed by atoms with Crippen LogP contribution in [0.4, 0.5) is 17.6 Å². The van der Waals surface area contributed by atoms with Crippen LogP contribution in [-0.2, 0) is 16.2 Å². The van der Waals surface area contributed by atoms with Crippen LogP contribution in [0.15, 0.2) is 18.2 Å². The predicted molar refractivity (Wildman–Crippen MR) is 95.7 cm³/mol. The third-order valence-electron chi connectivity index (χ3n) is 4.54. The maximum absolute atomic E-state index is 13.4. The fourth-order valence-corrected chi connectivity index (χ4v) is 3.49. The SMILES string of the molecule is CS(=O)(=O)NCCN1CCC(CNC(=O)c2cc(F)cc(C(F)(F)F)c2)CC1. The van der Waals surface area contributed by atoms with Crippen molar-refractivity contribution in [1.82, 2.24) is 14.9 Å². The molecule has 1 heterocycles. The van der Waals surface area contributed by atoms with Crippen molar-refractivity contribution in [2.45, 2.75) is 19.0 Å². The van der Waals surface area contributed by atoms with Gasteiger partial charge in [-0.2, -0.15) is 13.2 Å². The minimum Gasteiger partial charge on any atom is -0.352 e. The Hall–Kier alpha value is -1.72. The third-order valence-corrected chi connectivity index (χ3v) is 5.27. The smallest absolute Gasteiger partial charge is 0.352 e. The van der Waals surface area contributed by atoms with Gasteiger partial charge in [-0.05, 0) is 50.0 Å². The molecule has 1 amide bonds. The van der Waals surface area contributed by atoms with E-state index in [9.17, 15) is 30.8 Å². The van der Waals surface area contributed by atoms with Crippen molar-refractivity contribution < 1.29 is 30.8 Å². The first-order valence-corrected chi connectivity index (χ1v) is 10.7. The summed E-state index contributed by atoms with van der Waals surface area (Å²) in [6, 6.07) is 1.77. The Balaban J connectivity index is 1.79. The second-order valence-electron chi connectivity index (χ2n) is 6.89. The van der Waals surface area contributed by atoms with Crippen LogP contribution in [0.2, 0.25) is 0 Å². The van der Waals surface area contributed by atoms with Crippen molar-refractivity contribution in [3.63, 3.8) is 0 Å². The summed E-state index contributed by atoms with van der Waals surface area (Å²) in [6.45, 7) is 2.64. The summed E-state index contributed by atoms with van der Waals surface area (Å²) >= 11 is 0. The Labute approximate surface area is 161 Å². The van der Waals surface area contributed by atoms with Crippen LogP contribution in [0, 0.1) is 11.7 Å². The minimum absolute atomic E-state index is 0.152. The molecule has 28 heavy (non-hydrogen) atoms. The third kappa shape index (κ3) is 7.36. The lowest BCUT2D eigenvalue weighted by atomic mass is 9.96. The van der Waals surface area contributed by atoms with Gasteiger partial charge in [-0.3, -0.25) is 4.79 Å². The first-order chi connectivity index (χ1) is 12.9. The molecule has 0 spiro atoms. The lowest BCUT2D eigenvalue weighted by Gasteiger charge is -2.31. The lowest BCUT2D eigenvalue weighted by molar-refractivity contribution is -0.137. The lowest BCUT2D eigenvalue weighted by Crippen LogP contribution is -2.41. The largest absolute Gasteiger partial charge is 0.416 e. The van der Waals surface area contributed by atoms with Gasteiger partial charge in [0.2, 0.25) is 10.0 Å². The second kappa shape index (κ2) is 9.19. The van der Waals surface area contributed by atoms with E-state index in [1.165, 1.54) is 0 Å². The van der Waals surface area contributed by atoms with E-state index >= 15 is 0 Å². The number of piperidine rings is 1. The zero-order chi connectivity index (χ0) is 20.9. The van der Waals surface area contributed by atoms with Crippen LogP contribution in [0.25, 0.3) is 0 Å². The van der Waals surface area contributed by atoms with Crippen LogP contribution in [0.5, 0.6) is 0 Å². The highest BCUT2D eigenvalue weighted by Crippen LogP contribution is 2.30. The molecule has 0 atom stereocenters. The van der Waals surface area contributed by atoms with Gasteiger partial charge in [0.15, 0.2) is 0 Å². The van der Waals surface area contributed by atoms with Crippen LogP contribution in [-0.4, -0.2) is 58.2 Å². The monoisotopic (exact) mass is 425 g/mol. The molecule has 2 N–H and O–H groups in total. The Morgan fingerprint density at radius 3 is 2.43 bits per heavy atom. The molecule has 0 radical (unpaired) electrons. The van der Waals surface area contributed by atoms with Crippen LogP contribution in [0.3, 0.4) is 0 Å². The van der Waals surface area contributed by atoms with Gasteiger partial charge in [-0.1, -0.05) is 0 Å². The summed E-state index contributed by atoms with van der Waals surface area (Å²) < 4.78 is 76.1. The molecule has 1 aromatic rings. The number of carbonyl (C=O) groups excluding carboxylic acids is 1.